The van der Waals surface area contributed by atoms with Gasteiger partial charge in [-0.2, -0.15) is 0 Å². The van der Waals surface area contributed by atoms with Crippen LogP contribution in [0.1, 0.15) is 16.7 Å². The first-order chi connectivity index (χ1) is 9.07. The van der Waals surface area contributed by atoms with E-state index in [1.165, 1.54) is 22.9 Å². The van der Waals surface area contributed by atoms with Crippen LogP contribution in [0.25, 0.3) is 0 Å². The number of thiocarbonyl (C=S) groups is 2. The Morgan fingerprint density at radius 3 is 1.65 bits per heavy atom. The second kappa shape index (κ2) is 6.64. The molecule has 0 aliphatic rings. The first kappa shape index (κ1) is 17.8. The topological polar surface area (TPSA) is 115 Å². The predicted octanol–water partition coefficient (Wildman–Crippen LogP) is 1.61. The van der Waals surface area contributed by atoms with E-state index in [1.807, 2.05) is 0 Å². The molecule has 0 aliphatic carbocycles. The molecule has 1 aromatic carbocycles. The molecule has 0 fully saturated rings. The third kappa shape index (κ3) is 4.91. The maximum absolute atomic E-state index is 11.2. The fourth-order valence-electron chi connectivity index (χ4n) is 1.64. The minimum absolute atomic E-state index is 0.344. The molecule has 10 heteroatoms. The molecule has 0 aliphatic heterocycles. The summed E-state index contributed by atoms with van der Waals surface area (Å²) in [4.78, 5) is 36.4. The van der Waals surface area contributed by atoms with Crippen molar-refractivity contribution in [1.82, 2.24) is 0 Å². The van der Waals surface area contributed by atoms with E-state index in [1.54, 1.807) is 6.07 Å². The zero-order valence-electron chi connectivity index (χ0n) is 9.99. The van der Waals surface area contributed by atoms with Crippen LogP contribution in [0.5, 0.6) is 0 Å². The molecule has 4 N–H and O–H groups in total. The van der Waals surface area contributed by atoms with Gasteiger partial charge >= 0.3 is 15.2 Å². The molecular formula is C10H12O6P2S2. The summed E-state index contributed by atoms with van der Waals surface area (Å²) in [7, 11) is -9.89. The van der Waals surface area contributed by atoms with Gasteiger partial charge in [-0.15, -0.1) is 0 Å². The largest absolute Gasteiger partial charge is 0.341 e. The minimum Gasteiger partial charge on any atom is -0.324 e. The smallest absolute Gasteiger partial charge is 0.324 e. The van der Waals surface area contributed by atoms with Crippen LogP contribution in [0.2, 0.25) is 0 Å². The molecule has 0 amide bonds. The van der Waals surface area contributed by atoms with Crippen molar-refractivity contribution in [2.24, 2.45) is 0 Å². The van der Waals surface area contributed by atoms with Crippen LogP contribution in [0.15, 0.2) is 18.2 Å². The Bertz CT molecular complexity index is 572. The SMILES string of the molecule is O=P(O)(O)C(Cc1cc(C=S)cc(C=S)c1)P(=O)(O)O. The summed E-state index contributed by atoms with van der Waals surface area (Å²) in [6, 6.07) is 4.68. The Balaban J connectivity index is 3.24. The molecule has 1 aromatic rings. The zero-order valence-corrected chi connectivity index (χ0v) is 13.4. The molecule has 110 valence electrons. The highest BCUT2D eigenvalue weighted by atomic mass is 32.1. The van der Waals surface area contributed by atoms with Gasteiger partial charge in [0.05, 0.1) is 0 Å². The van der Waals surface area contributed by atoms with Crippen LogP contribution in [0.3, 0.4) is 0 Å². The number of benzene rings is 1. The number of hydrogen-bond donors (Lipinski definition) is 4. The van der Waals surface area contributed by atoms with Gasteiger partial charge in [-0.05, 0) is 29.2 Å². The van der Waals surface area contributed by atoms with Crippen molar-refractivity contribution in [3.05, 3.63) is 34.9 Å². The highest BCUT2D eigenvalue weighted by molar-refractivity contribution is 7.79. The highest BCUT2D eigenvalue weighted by Gasteiger charge is 2.43. The fourth-order valence-corrected chi connectivity index (χ4v) is 4.38. The zero-order chi connectivity index (χ0) is 15.6. The Kier molecular flexibility index (Phi) is 5.89. The monoisotopic (exact) mass is 354 g/mol. The summed E-state index contributed by atoms with van der Waals surface area (Å²) in [5, 5.41) is 0.611. The molecule has 0 heterocycles. The number of rotatable bonds is 6. The average Bonchev–Trinajstić information content (AvgIpc) is 2.32. The summed E-state index contributed by atoms with van der Waals surface area (Å²) < 4.78 is 22.5. The Morgan fingerprint density at radius 1 is 0.950 bits per heavy atom. The van der Waals surface area contributed by atoms with Gasteiger partial charge in [0.15, 0.2) is 5.40 Å². The average molecular weight is 354 g/mol. The second-order valence-electron chi connectivity index (χ2n) is 4.11. The van der Waals surface area contributed by atoms with Crippen molar-refractivity contribution in [3.63, 3.8) is 0 Å². The van der Waals surface area contributed by atoms with Gasteiger partial charge in [0.2, 0.25) is 0 Å². The molecule has 1 rings (SSSR count). The van der Waals surface area contributed by atoms with E-state index in [-0.39, 0.29) is 0 Å². The fraction of sp³-hybridized carbons (Fsp3) is 0.200. The summed E-state index contributed by atoms with van der Waals surface area (Å²) in [6.07, 6.45) is -0.470. The van der Waals surface area contributed by atoms with E-state index < -0.39 is 27.0 Å². The van der Waals surface area contributed by atoms with Crippen molar-refractivity contribution in [1.29, 1.82) is 0 Å². The third-order valence-electron chi connectivity index (χ3n) is 2.50. The van der Waals surface area contributed by atoms with Crippen LogP contribution in [0, 0.1) is 0 Å². The van der Waals surface area contributed by atoms with E-state index in [9.17, 15) is 9.13 Å². The lowest BCUT2D eigenvalue weighted by Gasteiger charge is -2.19. The normalized spacial score (nSPS) is 12.4. The Hall–Kier alpha value is -0.300. The first-order valence-corrected chi connectivity index (χ1v) is 9.53. The lowest BCUT2D eigenvalue weighted by Crippen LogP contribution is -2.13. The van der Waals surface area contributed by atoms with Gasteiger partial charge in [0, 0.05) is 10.7 Å². The molecule has 0 radical (unpaired) electrons. The van der Waals surface area contributed by atoms with E-state index >= 15 is 0 Å². The maximum Gasteiger partial charge on any atom is 0.341 e. The third-order valence-corrected chi connectivity index (χ3v) is 6.77. The minimum atomic E-state index is -4.95. The van der Waals surface area contributed by atoms with Gasteiger partial charge in [-0.1, -0.05) is 36.6 Å². The predicted molar refractivity (Wildman–Crippen MR) is 83.5 cm³/mol. The molecule has 0 unspecified atom stereocenters. The van der Waals surface area contributed by atoms with Crippen LogP contribution in [0.4, 0.5) is 0 Å². The molecule has 20 heavy (non-hydrogen) atoms. The lowest BCUT2D eigenvalue weighted by atomic mass is 10.1. The molecule has 0 atom stereocenters. The second-order valence-corrected chi connectivity index (χ2v) is 8.59. The van der Waals surface area contributed by atoms with Gasteiger partial charge in [-0.3, -0.25) is 9.13 Å². The molecule has 0 saturated carbocycles. The molecule has 0 aromatic heterocycles. The molecule has 0 bridgehead atoms. The van der Waals surface area contributed by atoms with Crippen molar-refractivity contribution in [3.8, 4) is 0 Å². The summed E-state index contributed by atoms with van der Waals surface area (Å²) in [6.45, 7) is 0. The van der Waals surface area contributed by atoms with Crippen LogP contribution in [-0.2, 0) is 15.6 Å². The van der Waals surface area contributed by atoms with E-state index in [2.05, 4.69) is 0 Å². The highest BCUT2D eigenvalue weighted by Crippen LogP contribution is 2.60. The van der Waals surface area contributed by atoms with Crippen molar-refractivity contribution in [2.75, 3.05) is 0 Å². The summed E-state index contributed by atoms with van der Waals surface area (Å²) in [5.74, 6) is 0. The number of hydrogen-bond acceptors (Lipinski definition) is 4. The van der Waals surface area contributed by atoms with Crippen LogP contribution < -0.4 is 0 Å². The Labute approximate surface area is 126 Å². The van der Waals surface area contributed by atoms with Gasteiger partial charge in [0.1, 0.15) is 0 Å². The first-order valence-electron chi connectivity index (χ1n) is 5.22. The van der Waals surface area contributed by atoms with Crippen molar-refractivity contribution in [2.45, 2.75) is 11.8 Å². The molecule has 0 saturated heterocycles. The molecular weight excluding hydrogens is 342 g/mol. The molecule has 6 nitrogen and oxygen atoms in total. The molecule has 0 spiro atoms. The van der Waals surface area contributed by atoms with Gasteiger partial charge < -0.3 is 19.6 Å². The summed E-state index contributed by atoms with van der Waals surface area (Å²) in [5.41, 5.74) is 1.49. The van der Waals surface area contributed by atoms with Gasteiger partial charge in [0.25, 0.3) is 0 Å². The van der Waals surface area contributed by atoms with E-state index in [0.717, 1.165) is 0 Å². The Morgan fingerprint density at radius 2 is 1.35 bits per heavy atom. The maximum atomic E-state index is 11.2. The van der Waals surface area contributed by atoms with E-state index in [0.29, 0.717) is 16.7 Å². The van der Waals surface area contributed by atoms with E-state index in [4.69, 9.17) is 44.0 Å². The summed E-state index contributed by atoms with van der Waals surface area (Å²) >= 11 is 9.53. The van der Waals surface area contributed by atoms with Crippen LogP contribution in [-0.4, -0.2) is 35.7 Å². The lowest BCUT2D eigenvalue weighted by molar-refractivity contribution is 0.338. The standard InChI is InChI=1S/C10H12O6P2S2/c11-17(12,13)10(18(14,15)16)4-7-1-8(5-19)3-9(2-7)6-20/h1-3,5-6,10H,4H2,(H2,11,12,13)(H2,14,15,16). The quantitative estimate of drug-likeness (QED) is 0.450. The van der Waals surface area contributed by atoms with Crippen LogP contribution >= 0.6 is 39.6 Å². The van der Waals surface area contributed by atoms with Gasteiger partial charge in [-0.25, -0.2) is 0 Å². The van der Waals surface area contributed by atoms with Crippen molar-refractivity contribution < 1.29 is 28.7 Å². The van der Waals surface area contributed by atoms with Crippen molar-refractivity contribution >= 4 is 50.4 Å².